The van der Waals surface area contributed by atoms with Gasteiger partial charge >= 0.3 is 0 Å². The Morgan fingerprint density at radius 2 is 2.23 bits per heavy atom. The van der Waals surface area contributed by atoms with E-state index in [1.807, 2.05) is 6.07 Å². The summed E-state index contributed by atoms with van der Waals surface area (Å²) in [6.07, 6.45) is 2.27. The largest absolute Gasteiger partial charge is 0.489 e. The van der Waals surface area contributed by atoms with Crippen LogP contribution >= 0.6 is 22.7 Å². The number of carbonyl (C=O) groups excluding carboxylic acids is 1. The Bertz CT molecular complexity index is 730. The van der Waals surface area contributed by atoms with Crippen LogP contribution in [0.2, 0.25) is 0 Å². The van der Waals surface area contributed by atoms with Crippen molar-refractivity contribution >= 4 is 28.5 Å². The first-order valence-electron chi connectivity index (χ1n) is 6.89. The molecule has 3 heterocycles. The highest BCUT2D eigenvalue weighted by Crippen LogP contribution is 2.30. The molecule has 0 fully saturated rings. The molecule has 2 aromatic heterocycles. The predicted molar refractivity (Wildman–Crippen MR) is 89.0 cm³/mol. The molecule has 0 amide bonds. The van der Waals surface area contributed by atoms with E-state index >= 15 is 0 Å². The van der Waals surface area contributed by atoms with Crippen LogP contribution in [0.5, 0.6) is 0 Å². The van der Waals surface area contributed by atoms with E-state index < -0.39 is 0 Å². The van der Waals surface area contributed by atoms with E-state index in [0.29, 0.717) is 25.4 Å². The summed E-state index contributed by atoms with van der Waals surface area (Å²) in [6, 6.07) is 8.30. The van der Waals surface area contributed by atoms with Gasteiger partial charge < -0.3 is 9.47 Å². The third-order valence-corrected chi connectivity index (χ3v) is 5.03. The van der Waals surface area contributed by atoms with Crippen molar-refractivity contribution < 1.29 is 14.3 Å². The Labute approximate surface area is 137 Å². The van der Waals surface area contributed by atoms with Crippen LogP contribution in [0, 0.1) is 11.8 Å². The van der Waals surface area contributed by atoms with Crippen LogP contribution in [-0.4, -0.2) is 25.6 Å². The molecule has 2 aromatic rings. The standard InChI is InChI=1S/C17H14O3S2/c18-14-12-19-10-8-15(14)20-9-2-1-4-13-6-7-17(22-13)16-5-3-11-21-16/h3,5-8,11H,2,9-10,12H2. The van der Waals surface area contributed by atoms with Crippen molar-refractivity contribution in [1.29, 1.82) is 0 Å². The van der Waals surface area contributed by atoms with Crippen LogP contribution in [-0.2, 0) is 14.3 Å². The highest BCUT2D eigenvalue weighted by molar-refractivity contribution is 7.21. The minimum Gasteiger partial charge on any atom is -0.489 e. The van der Waals surface area contributed by atoms with Gasteiger partial charge in [0.2, 0.25) is 5.78 Å². The molecule has 0 radical (unpaired) electrons. The van der Waals surface area contributed by atoms with Crippen molar-refractivity contribution in [2.24, 2.45) is 0 Å². The summed E-state index contributed by atoms with van der Waals surface area (Å²) in [4.78, 5) is 15.0. The average Bonchev–Trinajstić information content (AvgIpc) is 3.19. The van der Waals surface area contributed by atoms with E-state index in [-0.39, 0.29) is 12.4 Å². The molecule has 22 heavy (non-hydrogen) atoms. The topological polar surface area (TPSA) is 35.5 Å². The number of rotatable bonds is 4. The van der Waals surface area contributed by atoms with E-state index in [1.54, 1.807) is 28.7 Å². The number of Topliss-reactive ketones (excluding diaryl/α,β-unsaturated/α-hetero) is 1. The van der Waals surface area contributed by atoms with Crippen LogP contribution in [0.15, 0.2) is 41.5 Å². The molecule has 0 unspecified atom stereocenters. The lowest BCUT2D eigenvalue weighted by Crippen LogP contribution is -2.19. The maximum Gasteiger partial charge on any atom is 0.222 e. The van der Waals surface area contributed by atoms with Crippen LogP contribution in [0.3, 0.4) is 0 Å². The number of ketones is 1. The van der Waals surface area contributed by atoms with E-state index in [0.717, 1.165) is 4.88 Å². The molecule has 0 aliphatic carbocycles. The third kappa shape index (κ3) is 3.86. The second-order valence-electron chi connectivity index (χ2n) is 4.55. The summed E-state index contributed by atoms with van der Waals surface area (Å²) >= 11 is 3.42. The van der Waals surface area contributed by atoms with Gasteiger partial charge in [0, 0.05) is 16.2 Å². The minimum absolute atomic E-state index is 0.0990. The summed E-state index contributed by atoms with van der Waals surface area (Å²) < 4.78 is 10.4. The summed E-state index contributed by atoms with van der Waals surface area (Å²) in [5, 5.41) is 2.07. The van der Waals surface area contributed by atoms with Gasteiger partial charge in [-0.15, -0.1) is 22.7 Å². The Kier molecular flexibility index (Phi) is 5.07. The fraction of sp³-hybridized carbons (Fsp3) is 0.235. The molecule has 0 bridgehead atoms. The van der Waals surface area contributed by atoms with Gasteiger partial charge in [-0.3, -0.25) is 4.79 Å². The van der Waals surface area contributed by atoms with Gasteiger partial charge in [0.25, 0.3) is 0 Å². The molecule has 0 aromatic carbocycles. The molecule has 0 saturated carbocycles. The Hall–Kier alpha value is -1.87. The molecule has 3 nitrogen and oxygen atoms in total. The van der Waals surface area contributed by atoms with Gasteiger partial charge in [0.15, 0.2) is 5.76 Å². The lowest BCUT2D eigenvalue weighted by molar-refractivity contribution is -0.124. The fourth-order valence-electron chi connectivity index (χ4n) is 1.93. The van der Waals surface area contributed by atoms with Gasteiger partial charge in [-0.25, -0.2) is 0 Å². The first-order valence-corrected chi connectivity index (χ1v) is 8.59. The molecule has 0 N–H and O–H groups in total. The molecule has 1 aliphatic heterocycles. The molecule has 0 saturated heterocycles. The lowest BCUT2D eigenvalue weighted by Gasteiger charge is -2.12. The second kappa shape index (κ2) is 7.41. The molecular weight excluding hydrogens is 316 g/mol. The molecule has 3 rings (SSSR count). The quantitative estimate of drug-likeness (QED) is 0.633. The summed E-state index contributed by atoms with van der Waals surface area (Å²) in [6.45, 7) is 0.972. The van der Waals surface area contributed by atoms with Gasteiger partial charge in [-0.1, -0.05) is 17.9 Å². The Morgan fingerprint density at radius 1 is 1.27 bits per heavy atom. The van der Waals surface area contributed by atoms with E-state index in [2.05, 4.69) is 35.4 Å². The summed E-state index contributed by atoms with van der Waals surface area (Å²) in [7, 11) is 0. The Balaban J connectivity index is 1.49. The molecule has 5 heteroatoms. The van der Waals surface area contributed by atoms with Crippen molar-refractivity contribution in [1.82, 2.24) is 0 Å². The van der Waals surface area contributed by atoms with E-state index in [4.69, 9.17) is 9.47 Å². The van der Waals surface area contributed by atoms with Gasteiger partial charge in [0.05, 0.1) is 18.1 Å². The maximum atomic E-state index is 11.4. The third-order valence-electron chi connectivity index (χ3n) is 2.96. The van der Waals surface area contributed by atoms with Crippen LogP contribution in [0.1, 0.15) is 11.3 Å². The number of thiophene rings is 2. The first kappa shape index (κ1) is 15.0. The summed E-state index contributed by atoms with van der Waals surface area (Å²) in [5.41, 5.74) is 0. The van der Waals surface area contributed by atoms with Gasteiger partial charge in [-0.2, -0.15) is 0 Å². The van der Waals surface area contributed by atoms with E-state index in [9.17, 15) is 4.79 Å². The molecule has 112 valence electrons. The normalized spacial score (nSPS) is 14.2. The van der Waals surface area contributed by atoms with Gasteiger partial charge in [-0.05, 0) is 29.7 Å². The molecule has 0 spiro atoms. The van der Waals surface area contributed by atoms with Crippen molar-refractivity contribution in [3.63, 3.8) is 0 Å². The van der Waals surface area contributed by atoms with Crippen molar-refractivity contribution in [2.75, 3.05) is 19.8 Å². The fourth-order valence-corrected chi connectivity index (χ4v) is 3.64. The molecule has 1 aliphatic rings. The minimum atomic E-state index is -0.0990. The number of hydrogen-bond donors (Lipinski definition) is 0. The van der Waals surface area contributed by atoms with Crippen molar-refractivity contribution in [2.45, 2.75) is 6.42 Å². The monoisotopic (exact) mass is 330 g/mol. The zero-order valence-electron chi connectivity index (χ0n) is 11.8. The zero-order valence-corrected chi connectivity index (χ0v) is 13.5. The Morgan fingerprint density at radius 3 is 3.05 bits per heavy atom. The molecule has 0 atom stereocenters. The number of carbonyl (C=O) groups is 1. The molecular formula is C17H14O3S2. The van der Waals surface area contributed by atoms with Gasteiger partial charge in [0.1, 0.15) is 6.61 Å². The lowest BCUT2D eigenvalue weighted by atomic mass is 10.3. The SMILES string of the molecule is O=C1COCC=C1OCCC#Cc1ccc(-c2cccs2)s1. The van der Waals surface area contributed by atoms with Crippen LogP contribution in [0.25, 0.3) is 9.75 Å². The first-order chi connectivity index (χ1) is 10.8. The second-order valence-corrected chi connectivity index (χ2v) is 6.58. The van der Waals surface area contributed by atoms with Crippen LogP contribution < -0.4 is 0 Å². The maximum absolute atomic E-state index is 11.4. The summed E-state index contributed by atoms with van der Waals surface area (Å²) in [5.74, 6) is 6.53. The van der Waals surface area contributed by atoms with Crippen molar-refractivity contribution in [3.05, 3.63) is 46.4 Å². The number of hydrogen-bond acceptors (Lipinski definition) is 5. The predicted octanol–water partition coefficient (Wildman–Crippen LogP) is 3.72. The highest BCUT2D eigenvalue weighted by atomic mass is 32.1. The van der Waals surface area contributed by atoms with Crippen molar-refractivity contribution in [3.8, 4) is 21.6 Å². The van der Waals surface area contributed by atoms with Crippen LogP contribution in [0.4, 0.5) is 0 Å². The van der Waals surface area contributed by atoms with E-state index in [1.165, 1.54) is 9.75 Å². The highest BCUT2D eigenvalue weighted by Gasteiger charge is 2.14. The number of ether oxygens (including phenoxy) is 2. The zero-order chi connectivity index (χ0) is 15.2. The average molecular weight is 330 g/mol. The smallest absolute Gasteiger partial charge is 0.222 e.